The van der Waals surface area contributed by atoms with Crippen LogP contribution >= 0.6 is 11.8 Å². The Morgan fingerprint density at radius 2 is 1.83 bits per heavy atom. The number of carbonyl (C=O) groups is 1. The van der Waals surface area contributed by atoms with Gasteiger partial charge in [0.25, 0.3) is 5.22 Å². The number of nitrogens with one attached hydrogen (secondary N) is 1. The topological polar surface area (TPSA) is 88.2 Å². The molecule has 2 N–H and O–H groups in total. The van der Waals surface area contributed by atoms with Crippen LogP contribution in [-0.4, -0.2) is 27.0 Å². The molecule has 0 atom stereocenters. The van der Waals surface area contributed by atoms with Crippen LogP contribution in [0.2, 0.25) is 0 Å². The first-order chi connectivity index (χ1) is 11.2. The highest BCUT2D eigenvalue weighted by Crippen LogP contribution is 2.23. The number of carbonyl (C=O) groups excluding carboxylic acids is 1. The van der Waals surface area contributed by atoms with Crippen LogP contribution in [-0.2, 0) is 4.79 Å². The number of phenols is 1. The van der Waals surface area contributed by atoms with Gasteiger partial charge in [-0.05, 0) is 36.4 Å². The molecule has 0 saturated heterocycles. The van der Waals surface area contributed by atoms with E-state index in [4.69, 9.17) is 4.42 Å². The summed E-state index contributed by atoms with van der Waals surface area (Å²) in [5.74, 6) is 0.529. The van der Waals surface area contributed by atoms with Crippen molar-refractivity contribution in [3.63, 3.8) is 0 Å². The highest BCUT2D eigenvalue weighted by Gasteiger charge is 2.11. The molecule has 1 amide bonds. The number of rotatable bonds is 5. The summed E-state index contributed by atoms with van der Waals surface area (Å²) < 4.78 is 5.51. The molecule has 0 radical (unpaired) electrons. The maximum absolute atomic E-state index is 11.9. The molecule has 6 nitrogen and oxygen atoms in total. The van der Waals surface area contributed by atoms with Gasteiger partial charge in [0.2, 0.25) is 11.8 Å². The zero-order valence-corrected chi connectivity index (χ0v) is 12.8. The van der Waals surface area contributed by atoms with Gasteiger partial charge < -0.3 is 14.8 Å². The maximum Gasteiger partial charge on any atom is 0.277 e. The van der Waals surface area contributed by atoms with Gasteiger partial charge in [0.15, 0.2) is 0 Å². The lowest BCUT2D eigenvalue weighted by molar-refractivity contribution is -0.113. The standard InChI is InChI=1S/C16H13N3O3S/c20-13-8-6-12(7-9-13)17-14(21)10-23-16-19-18-15(22-16)11-4-2-1-3-5-11/h1-9,20H,10H2,(H,17,21). The quantitative estimate of drug-likeness (QED) is 0.553. The third kappa shape index (κ3) is 4.10. The molecule has 0 aliphatic heterocycles. The van der Waals surface area contributed by atoms with E-state index in [1.807, 2.05) is 30.3 Å². The minimum Gasteiger partial charge on any atom is -0.508 e. The fourth-order valence-electron chi connectivity index (χ4n) is 1.83. The second-order valence-corrected chi connectivity index (χ2v) is 5.55. The van der Waals surface area contributed by atoms with E-state index in [0.717, 1.165) is 17.3 Å². The number of aromatic nitrogens is 2. The second kappa shape index (κ2) is 6.97. The SMILES string of the molecule is O=C(CSc1nnc(-c2ccccc2)o1)Nc1ccc(O)cc1. The van der Waals surface area contributed by atoms with Crippen LogP contribution in [0, 0.1) is 0 Å². The average molecular weight is 327 g/mol. The van der Waals surface area contributed by atoms with Crippen LogP contribution in [0.4, 0.5) is 5.69 Å². The highest BCUT2D eigenvalue weighted by molar-refractivity contribution is 7.99. The molecule has 0 unspecified atom stereocenters. The van der Waals surface area contributed by atoms with Crippen molar-refractivity contribution in [2.24, 2.45) is 0 Å². The van der Waals surface area contributed by atoms with Gasteiger partial charge >= 0.3 is 0 Å². The number of thioether (sulfide) groups is 1. The largest absolute Gasteiger partial charge is 0.508 e. The predicted molar refractivity (Wildman–Crippen MR) is 87.2 cm³/mol. The molecule has 0 aliphatic rings. The minimum atomic E-state index is -0.194. The number of anilines is 1. The maximum atomic E-state index is 11.9. The van der Waals surface area contributed by atoms with Crippen molar-refractivity contribution < 1.29 is 14.3 Å². The average Bonchev–Trinajstić information content (AvgIpc) is 3.05. The number of hydrogen-bond acceptors (Lipinski definition) is 6. The molecule has 3 aromatic rings. The minimum absolute atomic E-state index is 0.150. The van der Waals surface area contributed by atoms with Crippen molar-refractivity contribution in [3.05, 3.63) is 54.6 Å². The molecule has 23 heavy (non-hydrogen) atoms. The summed E-state index contributed by atoms with van der Waals surface area (Å²) in [5.41, 5.74) is 1.45. The van der Waals surface area contributed by atoms with Gasteiger partial charge in [-0.2, -0.15) is 0 Å². The summed E-state index contributed by atoms with van der Waals surface area (Å²) in [6, 6.07) is 15.7. The van der Waals surface area contributed by atoms with Gasteiger partial charge in [0.05, 0.1) is 5.75 Å². The molecule has 1 heterocycles. The summed E-state index contributed by atoms with van der Waals surface area (Å²) >= 11 is 1.16. The van der Waals surface area contributed by atoms with Gasteiger partial charge in [-0.25, -0.2) is 0 Å². The molecular weight excluding hydrogens is 314 g/mol. The summed E-state index contributed by atoms with van der Waals surface area (Å²) in [6.07, 6.45) is 0. The molecule has 0 saturated carbocycles. The van der Waals surface area contributed by atoms with Crippen molar-refractivity contribution >= 4 is 23.4 Å². The molecule has 116 valence electrons. The summed E-state index contributed by atoms with van der Waals surface area (Å²) in [6.45, 7) is 0. The molecule has 2 aromatic carbocycles. The lowest BCUT2D eigenvalue weighted by atomic mass is 10.2. The Hall–Kier alpha value is -2.80. The Labute approximate surface area is 136 Å². The van der Waals surface area contributed by atoms with E-state index in [1.165, 1.54) is 12.1 Å². The zero-order chi connectivity index (χ0) is 16.1. The normalized spacial score (nSPS) is 10.4. The lowest BCUT2D eigenvalue weighted by Crippen LogP contribution is -2.13. The molecule has 0 fully saturated rings. The molecule has 0 spiro atoms. The molecule has 1 aromatic heterocycles. The van der Waals surface area contributed by atoms with E-state index >= 15 is 0 Å². The van der Waals surface area contributed by atoms with Gasteiger partial charge in [-0.3, -0.25) is 4.79 Å². The molecule has 3 rings (SSSR count). The third-order valence-corrected chi connectivity index (χ3v) is 3.72. The van der Waals surface area contributed by atoms with Crippen LogP contribution in [0.1, 0.15) is 0 Å². The van der Waals surface area contributed by atoms with Crippen molar-refractivity contribution in [2.45, 2.75) is 5.22 Å². The van der Waals surface area contributed by atoms with E-state index in [0.29, 0.717) is 16.8 Å². The van der Waals surface area contributed by atoms with E-state index < -0.39 is 0 Å². The van der Waals surface area contributed by atoms with Crippen molar-refractivity contribution in [1.29, 1.82) is 0 Å². The first-order valence-electron chi connectivity index (χ1n) is 6.81. The van der Waals surface area contributed by atoms with Crippen molar-refractivity contribution in [2.75, 3.05) is 11.1 Å². The number of aromatic hydroxyl groups is 1. The first-order valence-corrected chi connectivity index (χ1v) is 7.80. The van der Waals surface area contributed by atoms with Crippen LogP contribution < -0.4 is 5.32 Å². The molecule has 7 heteroatoms. The van der Waals surface area contributed by atoms with Gasteiger partial charge in [-0.15, -0.1) is 10.2 Å². The van der Waals surface area contributed by atoms with E-state index in [2.05, 4.69) is 15.5 Å². The summed E-state index contributed by atoms with van der Waals surface area (Å²) in [5, 5.41) is 20.1. The van der Waals surface area contributed by atoms with Crippen LogP contribution in [0.5, 0.6) is 5.75 Å². The number of hydrogen-bond donors (Lipinski definition) is 2. The first kappa shape index (κ1) is 15.1. The molecule has 0 aliphatic carbocycles. The summed E-state index contributed by atoms with van der Waals surface area (Å²) in [4.78, 5) is 11.9. The fourth-order valence-corrected chi connectivity index (χ4v) is 2.40. The molecule has 0 bridgehead atoms. The Morgan fingerprint density at radius 3 is 2.57 bits per heavy atom. The number of phenolic OH excluding ortho intramolecular Hbond substituents is 1. The monoisotopic (exact) mass is 327 g/mol. The summed E-state index contributed by atoms with van der Waals surface area (Å²) in [7, 11) is 0. The Morgan fingerprint density at radius 1 is 1.09 bits per heavy atom. The number of amides is 1. The van der Waals surface area contributed by atoms with Crippen LogP contribution in [0.3, 0.4) is 0 Å². The zero-order valence-electron chi connectivity index (χ0n) is 12.0. The Kier molecular flexibility index (Phi) is 4.58. The van der Waals surface area contributed by atoms with Gasteiger partial charge in [0.1, 0.15) is 5.75 Å². The van der Waals surface area contributed by atoms with Crippen molar-refractivity contribution in [1.82, 2.24) is 10.2 Å². The van der Waals surface area contributed by atoms with Crippen molar-refractivity contribution in [3.8, 4) is 17.2 Å². The predicted octanol–water partition coefficient (Wildman–Crippen LogP) is 3.17. The third-order valence-electron chi connectivity index (χ3n) is 2.90. The Balaban J connectivity index is 1.55. The second-order valence-electron chi connectivity index (χ2n) is 4.62. The number of benzene rings is 2. The van der Waals surface area contributed by atoms with Crippen LogP contribution in [0.15, 0.2) is 64.2 Å². The van der Waals surface area contributed by atoms with E-state index in [9.17, 15) is 9.90 Å². The van der Waals surface area contributed by atoms with Crippen LogP contribution in [0.25, 0.3) is 11.5 Å². The lowest BCUT2D eigenvalue weighted by Gasteiger charge is -2.03. The van der Waals surface area contributed by atoms with Gasteiger partial charge in [-0.1, -0.05) is 30.0 Å². The van der Waals surface area contributed by atoms with E-state index in [1.54, 1.807) is 12.1 Å². The fraction of sp³-hybridized carbons (Fsp3) is 0.0625. The number of nitrogens with zero attached hydrogens (tertiary/aromatic N) is 2. The van der Waals surface area contributed by atoms with Gasteiger partial charge in [0, 0.05) is 11.3 Å². The highest BCUT2D eigenvalue weighted by atomic mass is 32.2. The smallest absolute Gasteiger partial charge is 0.277 e. The molecular formula is C16H13N3O3S. The van der Waals surface area contributed by atoms with E-state index in [-0.39, 0.29) is 17.4 Å². The Bertz CT molecular complexity index is 788.